The molecule has 4 N–H and O–H groups in total. The maximum Gasteiger partial charge on any atom is 0.224 e. The number of hydrogen-bond donors (Lipinski definition) is 3. The highest BCUT2D eigenvalue weighted by molar-refractivity contribution is 5.93. The summed E-state index contributed by atoms with van der Waals surface area (Å²) < 4.78 is 5.22. The summed E-state index contributed by atoms with van der Waals surface area (Å²) in [7, 11) is 0. The number of ether oxygens (including phenoxy) is 1. The molecular formula is C14H21N5O2. The maximum atomic E-state index is 12.0. The SMILES string of the molecule is NNC(=NCCC(=O)N1CCOCC1)Nc1ccccc1. The van der Waals surface area contributed by atoms with E-state index in [0.717, 1.165) is 5.69 Å². The molecule has 21 heavy (non-hydrogen) atoms. The molecule has 7 nitrogen and oxygen atoms in total. The molecule has 0 aromatic heterocycles. The number of morpholine rings is 1. The standard InChI is InChI=1S/C14H21N5O2/c15-18-14(17-12-4-2-1-3-5-12)16-7-6-13(20)19-8-10-21-11-9-19/h1-5H,6-11,15H2,(H2,16,17,18). The first-order valence-corrected chi connectivity index (χ1v) is 6.98. The highest BCUT2D eigenvalue weighted by Gasteiger charge is 2.15. The van der Waals surface area contributed by atoms with Crippen molar-refractivity contribution in [2.24, 2.45) is 10.8 Å². The van der Waals surface area contributed by atoms with Crippen LogP contribution in [0.4, 0.5) is 5.69 Å². The Morgan fingerprint density at radius 1 is 1.29 bits per heavy atom. The van der Waals surface area contributed by atoms with E-state index in [-0.39, 0.29) is 5.91 Å². The number of nitrogens with zero attached hydrogens (tertiary/aromatic N) is 2. The lowest BCUT2D eigenvalue weighted by molar-refractivity contribution is -0.135. The van der Waals surface area contributed by atoms with Gasteiger partial charge in [-0.2, -0.15) is 0 Å². The van der Waals surface area contributed by atoms with Crippen molar-refractivity contribution in [3.63, 3.8) is 0 Å². The van der Waals surface area contributed by atoms with Gasteiger partial charge in [-0.15, -0.1) is 0 Å². The van der Waals surface area contributed by atoms with Gasteiger partial charge in [0.05, 0.1) is 19.8 Å². The number of benzene rings is 1. The van der Waals surface area contributed by atoms with Gasteiger partial charge in [0.2, 0.25) is 11.9 Å². The molecule has 1 aliphatic heterocycles. The zero-order chi connectivity index (χ0) is 14.9. The van der Waals surface area contributed by atoms with Crippen molar-refractivity contribution >= 4 is 17.6 Å². The molecule has 0 radical (unpaired) electrons. The van der Waals surface area contributed by atoms with Gasteiger partial charge in [0, 0.05) is 25.2 Å². The van der Waals surface area contributed by atoms with Crippen molar-refractivity contribution in [1.82, 2.24) is 10.3 Å². The first kappa shape index (κ1) is 15.3. The Morgan fingerprint density at radius 3 is 2.67 bits per heavy atom. The summed E-state index contributed by atoms with van der Waals surface area (Å²) in [6, 6.07) is 9.58. The number of hydrogen-bond acceptors (Lipinski definition) is 4. The average molecular weight is 291 g/mol. The fourth-order valence-corrected chi connectivity index (χ4v) is 2.01. The third-order valence-corrected chi connectivity index (χ3v) is 3.13. The lowest BCUT2D eigenvalue weighted by Crippen LogP contribution is -2.41. The van der Waals surface area contributed by atoms with E-state index in [1.165, 1.54) is 0 Å². The van der Waals surface area contributed by atoms with Gasteiger partial charge in [0.15, 0.2) is 0 Å². The van der Waals surface area contributed by atoms with Crippen molar-refractivity contribution in [2.45, 2.75) is 6.42 Å². The first-order valence-electron chi connectivity index (χ1n) is 6.98. The Bertz CT molecular complexity index is 472. The van der Waals surface area contributed by atoms with E-state index >= 15 is 0 Å². The zero-order valence-corrected chi connectivity index (χ0v) is 11.9. The molecule has 0 atom stereocenters. The average Bonchev–Trinajstić information content (AvgIpc) is 2.55. The number of rotatable bonds is 4. The first-order chi connectivity index (χ1) is 10.3. The van der Waals surface area contributed by atoms with E-state index in [0.29, 0.717) is 45.2 Å². The molecule has 1 aromatic carbocycles. The fraction of sp³-hybridized carbons (Fsp3) is 0.429. The summed E-state index contributed by atoms with van der Waals surface area (Å²) in [5.41, 5.74) is 3.38. The minimum absolute atomic E-state index is 0.0955. The van der Waals surface area contributed by atoms with Crippen molar-refractivity contribution in [2.75, 3.05) is 38.2 Å². The molecule has 114 valence electrons. The van der Waals surface area contributed by atoms with Crippen LogP contribution in [0.5, 0.6) is 0 Å². The van der Waals surface area contributed by atoms with Crippen LogP contribution in [0.3, 0.4) is 0 Å². The molecule has 1 saturated heterocycles. The van der Waals surface area contributed by atoms with Crippen molar-refractivity contribution < 1.29 is 9.53 Å². The minimum atomic E-state index is 0.0955. The fourth-order valence-electron chi connectivity index (χ4n) is 2.01. The number of carbonyl (C=O) groups excluding carboxylic acids is 1. The lowest BCUT2D eigenvalue weighted by atomic mass is 10.3. The number of nitrogens with one attached hydrogen (secondary N) is 2. The van der Waals surface area contributed by atoms with Gasteiger partial charge >= 0.3 is 0 Å². The molecule has 1 aliphatic rings. The van der Waals surface area contributed by atoms with Crippen LogP contribution in [0.1, 0.15) is 6.42 Å². The second kappa shape index (κ2) is 8.23. The van der Waals surface area contributed by atoms with Crippen LogP contribution in [-0.4, -0.2) is 49.6 Å². The maximum absolute atomic E-state index is 12.0. The second-order valence-corrected chi connectivity index (χ2v) is 4.61. The topological polar surface area (TPSA) is 92.0 Å². The second-order valence-electron chi connectivity index (χ2n) is 4.61. The predicted molar refractivity (Wildman–Crippen MR) is 81.7 cm³/mol. The van der Waals surface area contributed by atoms with Gasteiger partial charge < -0.3 is 15.0 Å². The van der Waals surface area contributed by atoms with Gasteiger partial charge in [-0.1, -0.05) is 18.2 Å². The quantitative estimate of drug-likeness (QED) is 0.318. The molecule has 0 saturated carbocycles. The normalized spacial score (nSPS) is 15.7. The van der Waals surface area contributed by atoms with Gasteiger partial charge in [-0.3, -0.25) is 15.2 Å². The molecular weight excluding hydrogens is 270 g/mol. The van der Waals surface area contributed by atoms with Crippen LogP contribution < -0.4 is 16.6 Å². The van der Waals surface area contributed by atoms with Gasteiger partial charge in [0.1, 0.15) is 0 Å². The molecule has 0 aliphatic carbocycles. The number of anilines is 1. The molecule has 0 bridgehead atoms. The number of nitrogens with two attached hydrogens (primary N) is 1. The van der Waals surface area contributed by atoms with Gasteiger partial charge in [-0.05, 0) is 12.1 Å². The van der Waals surface area contributed by atoms with Gasteiger partial charge in [0.25, 0.3) is 0 Å². The number of hydrazine groups is 1. The Balaban J connectivity index is 1.79. The largest absolute Gasteiger partial charge is 0.378 e. The highest BCUT2D eigenvalue weighted by Crippen LogP contribution is 2.04. The molecule has 0 unspecified atom stereocenters. The van der Waals surface area contributed by atoms with E-state index < -0.39 is 0 Å². The molecule has 1 aromatic rings. The Labute approximate surface area is 124 Å². The summed E-state index contributed by atoms with van der Waals surface area (Å²) in [5, 5.41) is 3.05. The van der Waals surface area contributed by atoms with Crippen LogP contribution >= 0.6 is 0 Å². The monoisotopic (exact) mass is 291 g/mol. The van der Waals surface area contributed by atoms with Gasteiger partial charge in [-0.25, -0.2) is 5.84 Å². The van der Waals surface area contributed by atoms with Crippen LogP contribution in [0, 0.1) is 0 Å². The van der Waals surface area contributed by atoms with E-state index in [9.17, 15) is 4.79 Å². The highest BCUT2D eigenvalue weighted by atomic mass is 16.5. The zero-order valence-electron chi connectivity index (χ0n) is 11.9. The molecule has 0 spiro atoms. The number of amides is 1. The van der Waals surface area contributed by atoms with E-state index in [1.54, 1.807) is 4.90 Å². The molecule has 7 heteroatoms. The van der Waals surface area contributed by atoms with Crippen LogP contribution in [0.25, 0.3) is 0 Å². The summed E-state index contributed by atoms with van der Waals surface area (Å²) in [5.74, 6) is 5.96. The third-order valence-electron chi connectivity index (χ3n) is 3.13. The van der Waals surface area contributed by atoms with Crippen molar-refractivity contribution in [1.29, 1.82) is 0 Å². The van der Waals surface area contributed by atoms with Crippen LogP contribution in [0.15, 0.2) is 35.3 Å². The number of para-hydroxylation sites is 1. The predicted octanol–water partition coefficient (Wildman–Crippen LogP) is 0.167. The van der Waals surface area contributed by atoms with E-state index in [4.69, 9.17) is 10.6 Å². The van der Waals surface area contributed by atoms with Crippen LogP contribution in [0.2, 0.25) is 0 Å². The van der Waals surface area contributed by atoms with Crippen molar-refractivity contribution in [3.8, 4) is 0 Å². The number of guanidine groups is 1. The summed E-state index contributed by atoms with van der Waals surface area (Å²) in [4.78, 5) is 18.0. The summed E-state index contributed by atoms with van der Waals surface area (Å²) in [6.07, 6.45) is 0.363. The Kier molecular flexibility index (Phi) is 5.99. The lowest BCUT2D eigenvalue weighted by Gasteiger charge is -2.26. The Hall–Kier alpha value is -2.12. The molecule has 1 amide bonds. The van der Waals surface area contributed by atoms with E-state index in [2.05, 4.69) is 15.7 Å². The molecule has 2 rings (SSSR count). The smallest absolute Gasteiger partial charge is 0.224 e. The summed E-state index contributed by atoms with van der Waals surface area (Å²) >= 11 is 0. The molecule has 1 heterocycles. The number of carbonyl (C=O) groups is 1. The number of aliphatic imine (C=N–C) groups is 1. The van der Waals surface area contributed by atoms with E-state index in [1.807, 2.05) is 30.3 Å². The summed E-state index contributed by atoms with van der Waals surface area (Å²) in [6.45, 7) is 2.93. The minimum Gasteiger partial charge on any atom is -0.378 e. The van der Waals surface area contributed by atoms with Crippen LogP contribution in [-0.2, 0) is 9.53 Å². The Morgan fingerprint density at radius 2 is 2.00 bits per heavy atom. The van der Waals surface area contributed by atoms with Crippen molar-refractivity contribution in [3.05, 3.63) is 30.3 Å². The molecule has 1 fully saturated rings. The third kappa shape index (κ3) is 5.05.